The maximum Gasteiger partial charge on any atom is 0.170 e. The number of ether oxygens (including phenoxy) is 2. The van der Waals surface area contributed by atoms with Gasteiger partial charge < -0.3 is 14.8 Å². The van der Waals surface area contributed by atoms with Crippen LogP contribution in [0.15, 0.2) is 30.9 Å². The highest BCUT2D eigenvalue weighted by atomic mass is 16.5. The molecule has 0 aliphatic heterocycles. The molecule has 1 aromatic carbocycles. The van der Waals surface area contributed by atoms with E-state index >= 15 is 0 Å². The Bertz CT molecular complexity index is 375. The monoisotopic (exact) mass is 250 g/mol. The van der Waals surface area contributed by atoms with Gasteiger partial charge in [0, 0.05) is 5.92 Å². The van der Waals surface area contributed by atoms with Crippen molar-refractivity contribution in [3.63, 3.8) is 0 Å². The molecule has 0 amide bonds. The lowest BCUT2D eigenvalue weighted by Gasteiger charge is -2.13. The Morgan fingerprint density at radius 1 is 1.39 bits per heavy atom. The van der Waals surface area contributed by atoms with Gasteiger partial charge in [0.05, 0.1) is 19.2 Å². The van der Waals surface area contributed by atoms with Crippen LogP contribution in [-0.2, 0) is 6.54 Å². The molecule has 0 spiro atoms. The molecule has 0 unspecified atom stereocenters. The van der Waals surface area contributed by atoms with Gasteiger partial charge in [0.1, 0.15) is 13.2 Å². The number of methoxy groups -OCH3 is 1. The van der Waals surface area contributed by atoms with Crippen LogP contribution in [0.2, 0.25) is 0 Å². The molecular formula is C15H24NO2+. The SMILES string of the molecule is C=CCOc1c(C[NH2+]CC(C)C)cccc1OC. The van der Waals surface area contributed by atoms with Crippen molar-refractivity contribution in [2.45, 2.75) is 20.4 Å². The molecule has 1 aromatic rings. The lowest BCUT2D eigenvalue weighted by Crippen LogP contribution is -2.83. The van der Waals surface area contributed by atoms with Gasteiger partial charge in [0.25, 0.3) is 0 Å². The molecule has 0 radical (unpaired) electrons. The van der Waals surface area contributed by atoms with Gasteiger partial charge in [-0.1, -0.05) is 32.6 Å². The Balaban J connectivity index is 2.77. The second-order valence-electron chi connectivity index (χ2n) is 4.67. The molecule has 0 atom stereocenters. The number of benzene rings is 1. The van der Waals surface area contributed by atoms with Gasteiger partial charge in [-0.3, -0.25) is 0 Å². The van der Waals surface area contributed by atoms with E-state index in [9.17, 15) is 0 Å². The zero-order valence-electron chi connectivity index (χ0n) is 11.6. The summed E-state index contributed by atoms with van der Waals surface area (Å²) in [5, 5.41) is 2.29. The Labute approximate surface area is 110 Å². The maximum absolute atomic E-state index is 5.70. The summed E-state index contributed by atoms with van der Waals surface area (Å²) in [5.74, 6) is 2.31. The Kier molecular flexibility index (Phi) is 6.29. The van der Waals surface area contributed by atoms with E-state index in [-0.39, 0.29) is 0 Å². The lowest BCUT2D eigenvalue weighted by molar-refractivity contribution is -0.675. The van der Waals surface area contributed by atoms with Crippen molar-refractivity contribution < 1.29 is 14.8 Å². The van der Waals surface area contributed by atoms with Gasteiger partial charge in [-0.05, 0) is 12.1 Å². The zero-order chi connectivity index (χ0) is 13.4. The minimum atomic E-state index is 0.498. The maximum atomic E-state index is 5.70. The van der Waals surface area contributed by atoms with Crippen molar-refractivity contribution in [3.05, 3.63) is 36.4 Å². The van der Waals surface area contributed by atoms with E-state index in [4.69, 9.17) is 9.47 Å². The van der Waals surface area contributed by atoms with Crippen LogP contribution in [0, 0.1) is 5.92 Å². The van der Waals surface area contributed by atoms with E-state index in [0.717, 1.165) is 30.2 Å². The molecule has 0 heterocycles. The van der Waals surface area contributed by atoms with Crippen molar-refractivity contribution in [3.8, 4) is 11.5 Å². The van der Waals surface area contributed by atoms with E-state index in [2.05, 4.69) is 31.8 Å². The number of hydrogen-bond acceptors (Lipinski definition) is 2. The third kappa shape index (κ3) is 4.41. The number of rotatable bonds is 8. The summed E-state index contributed by atoms with van der Waals surface area (Å²) in [6.45, 7) is 10.6. The predicted molar refractivity (Wildman–Crippen MR) is 74.0 cm³/mol. The first-order valence-electron chi connectivity index (χ1n) is 6.40. The molecule has 100 valence electrons. The van der Waals surface area contributed by atoms with Crippen LogP contribution < -0.4 is 14.8 Å². The molecule has 0 aromatic heterocycles. The fraction of sp³-hybridized carbons (Fsp3) is 0.467. The third-order valence-corrected chi connectivity index (χ3v) is 2.63. The van der Waals surface area contributed by atoms with Crippen LogP contribution in [-0.4, -0.2) is 20.3 Å². The Hall–Kier alpha value is -1.48. The van der Waals surface area contributed by atoms with E-state index in [1.165, 1.54) is 0 Å². The first-order valence-corrected chi connectivity index (χ1v) is 6.40. The molecule has 0 bridgehead atoms. The van der Waals surface area contributed by atoms with Crippen LogP contribution in [0.3, 0.4) is 0 Å². The fourth-order valence-corrected chi connectivity index (χ4v) is 1.76. The molecule has 0 saturated heterocycles. The van der Waals surface area contributed by atoms with E-state index in [1.54, 1.807) is 13.2 Å². The number of nitrogens with two attached hydrogens (primary N) is 1. The van der Waals surface area contributed by atoms with Crippen LogP contribution >= 0.6 is 0 Å². The number of hydrogen-bond donors (Lipinski definition) is 1. The van der Waals surface area contributed by atoms with Crippen molar-refractivity contribution in [2.75, 3.05) is 20.3 Å². The second-order valence-corrected chi connectivity index (χ2v) is 4.67. The van der Waals surface area contributed by atoms with E-state index in [0.29, 0.717) is 12.5 Å². The number of para-hydroxylation sites is 1. The molecule has 18 heavy (non-hydrogen) atoms. The van der Waals surface area contributed by atoms with Crippen LogP contribution in [0.4, 0.5) is 0 Å². The first kappa shape index (κ1) is 14.6. The molecule has 0 aliphatic carbocycles. The third-order valence-electron chi connectivity index (χ3n) is 2.63. The van der Waals surface area contributed by atoms with Crippen LogP contribution in [0.1, 0.15) is 19.4 Å². The molecule has 0 aliphatic rings. The average molecular weight is 250 g/mol. The van der Waals surface area contributed by atoms with Crippen molar-refractivity contribution in [1.82, 2.24) is 0 Å². The average Bonchev–Trinajstić information content (AvgIpc) is 2.36. The Morgan fingerprint density at radius 2 is 2.17 bits per heavy atom. The topological polar surface area (TPSA) is 35.1 Å². The largest absolute Gasteiger partial charge is 0.493 e. The normalized spacial score (nSPS) is 10.4. The summed E-state index contributed by atoms with van der Waals surface area (Å²) in [4.78, 5) is 0. The van der Waals surface area contributed by atoms with Crippen molar-refractivity contribution in [1.29, 1.82) is 0 Å². The number of quaternary nitrogens is 1. The molecule has 3 heteroatoms. The fourth-order valence-electron chi connectivity index (χ4n) is 1.76. The Morgan fingerprint density at radius 3 is 2.78 bits per heavy atom. The minimum Gasteiger partial charge on any atom is -0.493 e. The summed E-state index contributed by atoms with van der Waals surface area (Å²) < 4.78 is 11.0. The molecule has 0 saturated carbocycles. The van der Waals surface area contributed by atoms with Crippen molar-refractivity contribution in [2.24, 2.45) is 5.92 Å². The molecule has 3 nitrogen and oxygen atoms in total. The smallest absolute Gasteiger partial charge is 0.170 e. The van der Waals surface area contributed by atoms with E-state index in [1.807, 2.05) is 12.1 Å². The molecule has 1 rings (SSSR count). The quantitative estimate of drug-likeness (QED) is 0.716. The van der Waals surface area contributed by atoms with Crippen LogP contribution in [0.25, 0.3) is 0 Å². The summed E-state index contributed by atoms with van der Waals surface area (Å²) in [6, 6.07) is 6.00. The van der Waals surface area contributed by atoms with Gasteiger partial charge >= 0.3 is 0 Å². The van der Waals surface area contributed by atoms with Gasteiger partial charge in [0.2, 0.25) is 0 Å². The highest BCUT2D eigenvalue weighted by Gasteiger charge is 2.11. The highest BCUT2D eigenvalue weighted by molar-refractivity contribution is 5.46. The summed E-state index contributed by atoms with van der Waals surface area (Å²) in [6.07, 6.45) is 1.74. The van der Waals surface area contributed by atoms with Gasteiger partial charge in [-0.25, -0.2) is 0 Å². The first-order chi connectivity index (χ1) is 8.69. The standard InChI is InChI=1S/C15H23NO2/c1-5-9-18-15-13(11-16-10-12(2)3)7-6-8-14(15)17-4/h5-8,12,16H,1,9-11H2,2-4H3/p+1. The minimum absolute atomic E-state index is 0.498. The summed E-state index contributed by atoms with van der Waals surface area (Å²) in [5.41, 5.74) is 1.16. The lowest BCUT2D eigenvalue weighted by atomic mass is 10.1. The predicted octanol–water partition coefficient (Wildman–Crippen LogP) is 1.98. The second kappa shape index (κ2) is 7.77. The van der Waals surface area contributed by atoms with Gasteiger partial charge in [0.15, 0.2) is 11.5 Å². The van der Waals surface area contributed by atoms with Gasteiger partial charge in [-0.2, -0.15) is 0 Å². The summed E-state index contributed by atoms with van der Waals surface area (Å²) in [7, 11) is 1.66. The zero-order valence-corrected chi connectivity index (χ0v) is 11.6. The van der Waals surface area contributed by atoms with Gasteiger partial charge in [-0.15, -0.1) is 0 Å². The molecule has 2 N–H and O–H groups in total. The highest BCUT2D eigenvalue weighted by Crippen LogP contribution is 2.30. The van der Waals surface area contributed by atoms with E-state index < -0.39 is 0 Å². The van der Waals surface area contributed by atoms with Crippen molar-refractivity contribution >= 4 is 0 Å². The molecule has 0 fully saturated rings. The van der Waals surface area contributed by atoms with Crippen LogP contribution in [0.5, 0.6) is 11.5 Å². The summed E-state index contributed by atoms with van der Waals surface area (Å²) >= 11 is 0. The molecular weight excluding hydrogens is 226 g/mol.